The van der Waals surface area contributed by atoms with E-state index in [1.807, 2.05) is 12.1 Å². The Morgan fingerprint density at radius 2 is 1.89 bits per heavy atom. The maximum Gasteiger partial charge on any atom is 0.242 e. The number of aliphatic hydroxyl groups is 1. The topological polar surface area (TPSA) is 66.4 Å². The predicted molar refractivity (Wildman–Crippen MR) is 77.8 cm³/mol. The van der Waals surface area contributed by atoms with Crippen LogP contribution < -0.4 is 4.72 Å². The van der Waals surface area contributed by atoms with Crippen LogP contribution in [0.25, 0.3) is 10.1 Å². The normalized spacial score (nSPS) is 13.1. The fourth-order valence-corrected chi connectivity index (χ4v) is 5.14. The highest BCUT2D eigenvalue weighted by Gasteiger charge is 2.28. The maximum atomic E-state index is 12.5. The number of benzene rings is 1. The van der Waals surface area contributed by atoms with Gasteiger partial charge in [0.05, 0.1) is 11.5 Å². The molecule has 0 saturated heterocycles. The van der Waals surface area contributed by atoms with Crippen molar-refractivity contribution in [2.45, 2.75) is 37.8 Å². The lowest BCUT2D eigenvalue weighted by atomic mass is 10.1. The molecular weight excluding hydrogens is 282 g/mol. The first kappa shape index (κ1) is 14.5. The molecule has 1 heterocycles. The molecule has 4 nitrogen and oxygen atoms in total. The van der Waals surface area contributed by atoms with Gasteiger partial charge in [-0.05, 0) is 26.8 Å². The van der Waals surface area contributed by atoms with Crippen LogP contribution in [0.4, 0.5) is 0 Å². The van der Waals surface area contributed by atoms with E-state index < -0.39 is 15.6 Å². The summed E-state index contributed by atoms with van der Waals surface area (Å²) in [6, 6.07) is 7.28. The number of nitrogens with one attached hydrogen (secondary N) is 1. The van der Waals surface area contributed by atoms with Crippen LogP contribution in [0.5, 0.6) is 0 Å². The molecule has 1 aromatic carbocycles. The fraction of sp³-hybridized carbons (Fsp3) is 0.385. The van der Waals surface area contributed by atoms with Crippen LogP contribution >= 0.6 is 11.3 Å². The van der Waals surface area contributed by atoms with Gasteiger partial charge in [-0.25, -0.2) is 13.1 Å². The van der Waals surface area contributed by atoms with Gasteiger partial charge in [-0.3, -0.25) is 0 Å². The third kappa shape index (κ3) is 2.97. The van der Waals surface area contributed by atoms with Crippen molar-refractivity contribution in [3.05, 3.63) is 29.1 Å². The second kappa shape index (κ2) is 4.86. The van der Waals surface area contributed by atoms with E-state index in [0.717, 1.165) is 4.70 Å². The van der Waals surface area contributed by atoms with Crippen molar-refractivity contribution in [3.63, 3.8) is 0 Å². The highest BCUT2D eigenvalue weighted by Crippen LogP contribution is 2.35. The van der Waals surface area contributed by atoms with E-state index in [0.29, 0.717) is 10.3 Å². The average Bonchev–Trinajstić information content (AvgIpc) is 2.64. The van der Waals surface area contributed by atoms with Gasteiger partial charge in [-0.15, -0.1) is 11.3 Å². The molecule has 2 N–H and O–H groups in total. The molecular formula is C13H17NO3S2. The van der Waals surface area contributed by atoms with E-state index in [-0.39, 0.29) is 11.5 Å². The van der Waals surface area contributed by atoms with Crippen molar-refractivity contribution in [2.24, 2.45) is 0 Å². The second-order valence-corrected chi connectivity index (χ2v) is 8.12. The molecule has 1 aromatic heterocycles. The van der Waals surface area contributed by atoms with Gasteiger partial charge in [0.15, 0.2) is 0 Å². The maximum absolute atomic E-state index is 12.5. The summed E-state index contributed by atoms with van der Waals surface area (Å²) in [5, 5.41) is 10.1. The standard InChI is InChI=1S/C13H17NO3S2/c1-13(2,3)14-19(16,17)12-9-6-4-5-7-10(9)18-11(12)8-15/h4-7,14-15H,8H2,1-3H3. The predicted octanol–water partition coefficient (Wildman–Crippen LogP) is 2.47. The zero-order valence-corrected chi connectivity index (χ0v) is 12.7. The van der Waals surface area contributed by atoms with E-state index in [2.05, 4.69) is 4.72 Å². The van der Waals surface area contributed by atoms with Gasteiger partial charge in [-0.1, -0.05) is 18.2 Å². The Kier molecular flexibility index (Phi) is 3.70. The van der Waals surface area contributed by atoms with Crippen molar-refractivity contribution in [3.8, 4) is 0 Å². The molecule has 2 rings (SSSR count). The molecule has 0 aliphatic heterocycles. The number of aliphatic hydroxyl groups excluding tert-OH is 1. The number of hydrogen-bond acceptors (Lipinski definition) is 4. The second-order valence-electron chi connectivity index (χ2n) is 5.36. The molecule has 0 radical (unpaired) electrons. The lowest BCUT2D eigenvalue weighted by molar-refractivity contribution is 0.282. The lowest BCUT2D eigenvalue weighted by Gasteiger charge is -2.20. The Hall–Kier alpha value is -0.950. The Morgan fingerprint density at radius 1 is 1.26 bits per heavy atom. The number of thiophene rings is 1. The largest absolute Gasteiger partial charge is 0.391 e. The highest BCUT2D eigenvalue weighted by molar-refractivity contribution is 7.90. The zero-order valence-electron chi connectivity index (χ0n) is 11.1. The van der Waals surface area contributed by atoms with E-state index in [4.69, 9.17) is 0 Å². The average molecular weight is 299 g/mol. The Morgan fingerprint density at radius 3 is 2.47 bits per heavy atom. The van der Waals surface area contributed by atoms with E-state index in [1.54, 1.807) is 32.9 Å². The number of rotatable bonds is 3. The summed E-state index contributed by atoms with van der Waals surface area (Å²) in [6.45, 7) is 5.09. The van der Waals surface area contributed by atoms with Crippen LogP contribution in [-0.2, 0) is 16.6 Å². The molecule has 6 heteroatoms. The van der Waals surface area contributed by atoms with E-state index in [1.165, 1.54) is 11.3 Å². The molecule has 0 aliphatic carbocycles. The molecule has 19 heavy (non-hydrogen) atoms. The van der Waals surface area contributed by atoms with Crippen LogP contribution in [0.2, 0.25) is 0 Å². The van der Waals surface area contributed by atoms with E-state index in [9.17, 15) is 13.5 Å². The molecule has 0 amide bonds. The van der Waals surface area contributed by atoms with Gasteiger partial charge in [0.1, 0.15) is 4.90 Å². The highest BCUT2D eigenvalue weighted by atomic mass is 32.2. The van der Waals surface area contributed by atoms with E-state index >= 15 is 0 Å². The lowest BCUT2D eigenvalue weighted by Crippen LogP contribution is -2.40. The molecule has 2 aromatic rings. The van der Waals surface area contributed by atoms with Crippen molar-refractivity contribution in [2.75, 3.05) is 0 Å². The molecule has 0 spiro atoms. The van der Waals surface area contributed by atoms with Gasteiger partial charge in [0, 0.05) is 15.6 Å². The number of sulfonamides is 1. The van der Waals surface area contributed by atoms with Gasteiger partial charge >= 0.3 is 0 Å². The minimum Gasteiger partial charge on any atom is -0.391 e. The summed E-state index contributed by atoms with van der Waals surface area (Å²) in [6.07, 6.45) is 0. The molecule has 0 aliphatic rings. The molecule has 104 valence electrons. The zero-order chi connectivity index (χ0) is 14.3. The Balaban J connectivity index is 2.67. The van der Waals surface area contributed by atoms with Crippen LogP contribution in [0.1, 0.15) is 25.6 Å². The Bertz CT molecular complexity index is 696. The summed E-state index contributed by atoms with van der Waals surface area (Å²) in [5.41, 5.74) is -0.561. The molecule has 0 unspecified atom stereocenters. The molecule has 0 fully saturated rings. The van der Waals surface area contributed by atoms with Gasteiger partial charge in [0.25, 0.3) is 0 Å². The summed E-state index contributed by atoms with van der Waals surface area (Å²) in [4.78, 5) is 0.670. The monoisotopic (exact) mass is 299 g/mol. The summed E-state index contributed by atoms with van der Waals surface area (Å²) >= 11 is 1.31. The molecule has 0 bridgehead atoms. The van der Waals surface area contributed by atoms with Crippen molar-refractivity contribution < 1.29 is 13.5 Å². The van der Waals surface area contributed by atoms with Crippen LogP contribution in [0.15, 0.2) is 29.2 Å². The van der Waals surface area contributed by atoms with Crippen molar-refractivity contribution in [1.29, 1.82) is 0 Å². The number of fused-ring (bicyclic) bond motifs is 1. The van der Waals surface area contributed by atoms with Crippen LogP contribution in [0, 0.1) is 0 Å². The van der Waals surface area contributed by atoms with Gasteiger partial charge < -0.3 is 5.11 Å². The van der Waals surface area contributed by atoms with Gasteiger partial charge in [-0.2, -0.15) is 0 Å². The SMILES string of the molecule is CC(C)(C)NS(=O)(=O)c1c(CO)sc2ccccc12. The number of hydrogen-bond donors (Lipinski definition) is 2. The summed E-state index contributed by atoms with van der Waals surface area (Å²) in [7, 11) is -3.64. The smallest absolute Gasteiger partial charge is 0.242 e. The summed E-state index contributed by atoms with van der Waals surface area (Å²) in [5.74, 6) is 0. The first-order valence-corrected chi connectivity index (χ1v) is 8.20. The van der Waals surface area contributed by atoms with Crippen molar-refractivity contribution >= 4 is 31.4 Å². The third-order valence-electron chi connectivity index (χ3n) is 2.47. The van der Waals surface area contributed by atoms with Crippen molar-refractivity contribution in [1.82, 2.24) is 4.72 Å². The molecule has 0 atom stereocenters. The minimum atomic E-state index is -3.64. The first-order valence-electron chi connectivity index (χ1n) is 5.90. The Labute approximate surface area is 117 Å². The van der Waals surface area contributed by atoms with Crippen LogP contribution in [-0.4, -0.2) is 19.1 Å². The summed E-state index contributed by atoms with van der Waals surface area (Å²) < 4.78 is 28.5. The first-order chi connectivity index (χ1) is 8.74. The molecule has 0 saturated carbocycles. The third-order valence-corrected chi connectivity index (χ3v) is 5.64. The van der Waals surface area contributed by atoms with Gasteiger partial charge in [0.2, 0.25) is 10.0 Å². The minimum absolute atomic E-state index is 0.200. The quantitative estimate of drug-likeness (QED) is 0.915. The van der Waals surface area contributed by atoms with Crippen LogP contribution in [0.3, 0.4) is 0 Å². The fourth-order valence-electron chi connectivity index (χ4n) is 1.93.